The highest BCUT2D eigenvalue weighted by Crippen LogP contribution is 1.52. The lowest BCUT2D eigenvalue weighted by molar-refractivity contribution is -0.104. The van der Waals surface area contributed by atoms with Crippen LogP contribution < -0.4 is 5.48 Å². The Morgan fingerprint density at radius 1 is 1.67 bits per heavy atom. The largest absolute Gasteiger partial charge is 0.761 e. The van der Waals surface area contributed by atoms with Gasteiger partial charge in [-0.15, -0.1) is 0 Å². The minimum atomic E-state index is 0.519. The molecule has 0 spiro atoms. The Morgan fingerprint density at radius 3 is 2.50 bits per heavy atom. The number of allylic oxidation sites excluding steroid dienone is 1. The van der Waals surface area contributed by atoms with Crippen LogP contribution in [0, 0.1) is 5.21 Å². The maximum absolute atomic E-state index is 9.30. The molecule has 0 aromatic carbocycles. The molecule has 0 fully saturated rings. The van der Waals surface area contributed by atoms with Crippen molar-refractivity contribution in [2.45, 2.75) is 0 Å². The Bertz CT molecular complexity index is 59.8. The van der Waals surface area contributed by atoms with Crippen molar-refractivity contribution in [3.8, 4) is 0 Å². The number of hydroxylamine groups is 1. The fourth-order valence-corrected chi connectivity index (χ4v) is 0.0786. The summed E-state index contributed by atoms with van der Waals surface area (Å²) in [4.78, 5) is 9.30. The maximum Gasteiger partial charge on any atom is 0.144 e. The molecular weight excluding hydrogens is 82.0 g/mol. The highest BCUT2D eigenvalue weighted by molar-refractivity contribution is 5.64. The van der Waals surface area contributed by atoms with Crippen LogP contribution in [-0.2, 0) is 4.79 Å². The Balaban J connectivity index is 2.94. The van der Waals surface area contributed by atoms with Gasteiger partial charge in [-0.2, -0.15) is 0 Å². The molecule has 3 heteroatoms. The average molecular weight is 86.1 g/mol. The molecule has 0 aliphatic rings. The lowest BCUT2D eigenvalue weighted by Gasteiger charge is -1.95. The Labute approximate surface area is 35.2 Å². The van der Waals surface area contributed by atoms with Crippen LogP contribution in [0.5, 0.6) is 0 Å². The van der Waals surface area contributed by atoms with Crippen molar-refractivity contribution in [3.63, 3.8) is 0 Å². The third-order valence-corrected chi connectivity index (χ3v) is 0.243. The van der Waals surface area contributed by atoms with Crippen LogP contribution in [0.4, 0.5) is 0 Å². The van der Waals surface area contributed by atoms with Gasteiger partial charge in [0.2, 0.25) is 0 Å². The lowest BCUT2D eigenvalue weighted by Crippen LogP contribution is -1.86. The van der Waals surface area contributed by atoms with Crippen LogP contribution in [-0.4, -0.2) is 6.29 Å². The van der Waals surface area contributed by atoms with Gasteiger partial charge >= 0.3 is 0 Å². The first-order chi connectivity index (χ1) is 2.91. The number of rotatable bonds is 2. The molecule has 0 unspecified atom stereocenters. The van der Waals surface area contributed by atoms with Gasteiger partial charge in [0.15, 0.2) is 0 Å². The van der Waals surface area contributed by atoms with Crippen molar-refractivity contribution in [2.24, 2.45) is 0 Å². The highest BCUT2D eigenvalue weighted by atomic mass is 16.5. The fraction of sp³-hybridized carbons (Fsp3) is 0. The van der Waals surface area contributed by atoms with Gasteiger partial charge in [0.05, 0.1) is 0 Å². The molecule has 0 bridgehead atoms. The van der Waals surface area contributed by atoms with Crippen LogP contribution in [0.15, 0.2) is 12.3 Å². The van der Waals surface area contributed by atoms with Crippen LogP contribution in [0.25, 0.3) is 0 Å². The van der Waals surface area contributed by atoms with Gasteiger partial charge in [-0.05, 0) is 12.3 Å². The summed E-state index contributed by atoms with van der Waals surface area (Å²) in [7, 11) is 0. The normalized spacial score (nSPS) is 8.83. The highest BCUT2D eigenvalue weighted by Gasteiger charge is 1.50. The fourth-order valence-electron chi connectivity index (χ4n) is 0.0786. The molecule has 0 radical (unpaired) electrons. The van der Waals surface area contributed by atoms with E-state index in [2.05, 4.69) is 0 Å². The van der Waals surface area contributed by atoms with E-state index in [0.29, 0.717) is 6.29 Å². The molecule has 0 rings (SSSR count). The molecule has 0 aromatic heterocycles. The molecule has 34 valence electrons. The minimum absolute atomic E-state index is 0.519. The van der Waals surface area contributed by atoms with E-state index in [9.17, 15) is 10.0 Å². The predicted molar refractivity (Wildman–Crippen MR) is 21.7 cm³/mol. The Morgan fingerprint density at radius 2 is 2.33 bits per heavy atom. The van der Waals surface area contributed by atoms with Crippen LogP contribution in [0.2, 0.25) is 0 Å². The quantitative estimate of drug-likeness (QED) is 0.287. The first-order valence-electron chi connectivity index (χ1n) is 1.40. The minimum Gasteiger partial charge on any atom is -0.761 e. The molecule has 0 saturated heterocycles. The Hall–Kier alpha value is -0.830. The number of carbonyl (C=O) groups excluding carboxylic acids is 1. The number of carbonyl (C=O) groups is 1. The van der Waals surface area contributed by atoms with E-state index in [1.54, 1.807) is 0 Å². The average Bonchev–Trinajstić information content (AvgIpc) is 1.61. The summed E-state index contributed by atoms with van der Waals surface area (Å²) in [6, 6.07) is 0. The van der Waals surface area contributed by atoms with E-state index in [-0.39, 0.29) is 0 Å². The summed E-state index contributed by atoms with van der Waals surface area (Å²) in [6.45, 7) is 0. The topological polar surface area (TPSA) is 52.2 Å². The maximum atomic E-state index is 9.30. The summed E-state index contributed by atoms with van der Waals surface area (Å²) >= 11 is 0. The van der Waals surface area contributed by atoms with E-state index < -0.39 is 0 Å². The number of hydrogen-bond acceptors (Lipinski definition) is 3. The van der Waals surface area contributed by atoms with Crippen LogP contribution in [0.1, 0.15) is 0 Å². The van der Waals surface area contributed by atoms with Crippen molar-refractivity contribution >= 4 is 6.29 Å². The zero-order valence-electron chi connectivity index (χ0n) is 3.05. The molecule has 1 N–H and O–H groups in total. The summed E-state index contributed by atoms with van der Waals surface area (Å²) in [5.74, 6) is 0. The number of hydrogen-bond donors (Lipinski definition) is 1. The number of aldehydes is 1. The number of nitrogens with one attached hydrogen (secondary N) is 1. The van der Waals surface area contributed by atoms with Crippen molar-refractivity contribution in [2.75, 3.05) is 0 Å². The first-order valence-corrected chi connectivity index (χ1v) is 1.40. The van der Waals surface area contributed by atoms with Crippen LogP contribution >= 0.6 is 0 Å². The first kappa shape index (κ1) is 5.17. The molecule has 0 amide bonds. The van der Waals surface area contributed by atoms with E-state index in [1.165, 1.54) is 5.48 Å². The monoisotopic (exact) mass is 86.0 g/mol. The molecule has 0 heterocycles. The van der Waals surface area contributed by atoms with Gasteiger partial charge in [-0.25, -0.2) is 0 Å². The SMILES string of the molecule is O=CC=CN[O-]. The van der Waals surface area contributed by atoms with E-state index in [1.807, 2.05) is 0 Å². The van der Waals surface area contributed by atoms with E-state index >= 15 is 0 Å². The standard InChI is InChI=1S/C3H4NO2/c5-3-1-2-4-6/h1-4H/q-1. The molecule has 0 atom stereocenters. The summed E-state index contributed by atoms with van der Waals surface area (Å²) < 4.78 is 0. The van der Waals surface area contributed by atoms with Crippen molar-refractivity contribution in [3.05, 3.63) is 17.5 Å². The summed E-state index contributed by atoms with van der Waals surface area (Å²) in [5.41, 5.74) is 1.41. The Kier molecular flexibility index (Phi) is 3.59. The second kappa shape index (κ2) is 4.17. The van der Waals surface area contributed by atoms with Gasteiger partial charge in [0.25, 0.3) is 0 Å². The second-order valence-corrected chi connectivity index (χ2v) is 0.613. The van der Waals surface area contributed by atoms with Gasteiger partial charge in [-0.3, -0.25) is 4.79 Å². The predicted octanol–water partition coefficient (Wildman–Crippen LogP) is -0.214. The van der Waals surface area contributed by atoms with Gasteiger partial charge in [0.1, 0.15) is 6.29 Å². The zero-order chi connectivity index (χ0) is 4.83. The zero-order valence-corrected chi connectivity index (χ0v) is 3.05. The third-order valence-electron chi connectivity index (χ3n) is 0.243. The van der Waals surface area contributed by atoms with Crippen LogP contribution in [0.3, 0.4) is 0 Å². The van der Waals surface area contributed by atoms with E-state index in [4.69, 9.17) is 0 Å². The molecule has 0 aliphatic carbocycles. The van der Waals surface area contributed by atoms with Gasteiger partial charge < -0.3 is 10.7 Å². The third kappa shape index (κ3) is 3.17. The van der Waals surface area contributed by atoms with E-state index in [0.717, 1.165) is 12.3 Å². The smallest absolute Gasteiger partial charge is 0.144 e. The van der Waals surface area contributed by atoms with Crippen molar-refractivity contribution in [1.29, 1.82) is 0 Å². The molecule has 3 nitrogen and oxygen atoms in total. The van der Waals surface area contributed by atoms with Crippen molar-refractivity contribution < 1.29 is 4.79 Å². The molecule has 0 aliphatic heterocycles. The summed E-state index contributed by atoms with van der Waals surface area (Å²) in [6.07, 6.45) is 2.60. The van der Waals surface area contributed by atoms with Gasteiger partial charge in [0, 0.05) is 0 Å². The second-order valence-electron chi connectivity index (χ2n) is 0.613. The van der Waals surface area contributed by atoms with Gasteiger partial charge in [-0.1, -0.05) is 0 Å². The van der Waals surface area contributed by atoms with Crippen molar-refractivity contribution in [1.82, 2.24) is 5.48 Å². The lowest BCUT2D eigenvalue weighted by atomic mass is 10.7. The molecule has 0 saturated carbocycles. The summed E-state index contributed by atoms with van der Waals surface area (Å²) in [5, 5.41) is 9.19. The molecule has 0 aromatic rings. The molecule has 6 heavy (non-hydrogen) atoms. The molecular formula is C3H4NO2-.